The van der Waals surface area contributed by atoms with Crippen LogP contribution in [0, 0.1) is 18.7 Å². The van der Waals surface area contributed by atoms with Gasteiger partial charge in [-0.1, -0.05) is 6.07 Å². The van der Waals surface area contributed by atoms with Crippen LogP contribution in [-0.4, -0.2) is 53.6 Å². The second-order valence-electron chi connectivity index (χ2n) is 9.64. The molecule has 0 spiro atoms. The third-order valence-corrected chi connectivity index (χ3v) is 6.92. The number of likely N-dealkylation sites (tertiary alicyclic amines) is 1. The monoisotopic (exact) mass is 570 g/mol. The van der Waals surface area contributed by atoms with Crippen molar-refractivity contribution in [2.75, 3.05) is 26.7 Å². The molecule has 0 aromatic heterocycles. The Hall–Kier alpha value is -2.37. The number of nitrogens with zero attached hydrogens (tertiary/aromatic N) is 2. The maximum Gasteiger partial charge on any atom is 0.416 e. The summed E-state index contributed by atoms with van der Waals surface area (Å²) >= 11 is 0. The molecule has 0 saturated carbocycles. The van der Waals surface area contributed by atoms with Gasteiger partial charge in [0.1, 0.15) is 5.82 Å². The number of alkyl halides is 6. The van der Waals surface area contributed by atoms with E-state index in [1.165, 1.54) is 19.2 Å². The summed E-state index contributed by atoms with van der Waals surface area (Å²) in [4.78, 5) is 16.6. The molecule has 2 aromatic rings. The van der Waals surface area contributed by atoms with E-state index in [4.69, 9.17) is 0 Å². The minimum atomic E-state index is -4.99. The number of rotatable bonds is 6. The summed E-state index contributed by atoms with van der Waals surface area (Å²) < 4.78 is 93.3. The Morgan fingerprint density at radius 2 is 1.66 bits per heavy atom. The van der Waals surface area contributed by atoms with Crippen LogP contribution >= 0.6 is 12.4 Å². The number of amides is 1. The molecule has 0 radical (unpaired) electrons. The zero-order valence-corrected chi connectivity index (χ0v) is 21.9. The van der Waals surface area contributed by atoms with Crippen LogP contribution in [0.3, 0.4) is 0 Å². The highest BCUT2D eigenvalue weighted by atomic mass is 35.5. The van der Waals surface area contributed by atoms with Crippen LogP contribution in [0.2, 0.25) is 0 Å². The van der Waals surface area contributed by atoms with Crippen molar-refractivity contribution in [3.05, 3.63) is 70.0 Å². The Balaban J connectivity index is 0.00000507. The van der Waals surface area contributed by atoms with E-state index in [9.17, 15) is 40.6 Å². The standard InChI is InChI=1S/C26H29F7N2O2.ClH/c1-15-8-20(27)4-5-21(15)23-13-35(16(2)14-36)7-6-22(23)24(37)34(3)12-17-9-18(25(28,29)30)11-19(10-17)26(31,32)33;/h4-5,8-11,16,22-23,36H,6-7,12-14H2,1-3H3;1H/t16?,22-,23+;/m1./s1. The number of aliphatic hydroxyl groups is 1. The van der Waals surface area contributed by atoms with E-state index in [-0.39, 0.29) is 36.7 Å². The molecule has 0 bridgehead atoms. The molecule has 2 aromatic carbocycles. The first kappa shape index (κ1) is 31.8. The van der Waals surface area contributed by atoms with Gasteiger partial charge < -0.3 is 10.0 Å². The number of halogens is 8. The van der Waals surface area contributed by atoms with Gasteiger partial charge in [-0.25, -0.2) is 4.39 Å². The van der Waals surface area contributed by atoms with E-state index in [0.29, 0.717) is 37.2 Å². The first-order valence-corrected chi connectivity index (χ1v) is 11.8. The molecule has 1 aliphatic rings. The predicted octanol–water partition coefficient (Wildman–Crippen LogP) is 6.04. The fourth-order valence-electron chi connectivity index (χ4n) is 4.90. The van der Waals surface area contributed by atoms with Crippen molar-refractivity contribution in [2.24, 2.45) is 5.92 Å². The molecule has 4 nitrogen and oxygen atoms in total. The highest BCUT2D eigenvalue weighted by molar-refractivity contribution is 5.85. The summed E-state index contributed by atoms with van der Waals surface area (Å²) in [5.41, 5.74) is -1.83. The number of aliphatic hydroxyl groups excluding tert-OH is 1. The van der Waals surface area contributed by atoms with Gasteiger partial charge >= 0.3 is 12.4 Å². The molecule has 1 amide bonds. The number of piperidine rings is 1. The summed E-state index contributed by atoms with van der Waals surface area (Å²) in [6, 6.07) is 5.31. The molecule has 12 heteroatoms. The largest absolute Gasteiger partial charge is 0.416 e. The van der Waals surface area contributed by atoms with Gasteiger partial charge in [0.2, 0.25) is 5.91 Å². The summed E-state index contributed by atoms with van der Waals surface area (Å²) in [6.45, 7) is 3.82. The number of aryl methyl sites for hydroxylation is 1. The van der Waals surface area contributed by atoms with Crippen LogP contribution in [0.25, 0.3) is 0 Å². The molecule has 38 heavy (non-hydrogen) atoms. The highest BCUT2D eigenvalue weighted by Gasteiger charge is 2.40. The van der Waals surface area contributed by atoms with Crippen molar-refractivity contribution in [3.63, 3.8) is 0 Å². The zero-order chi connectivity index (χ0) is 27.7. The topological polar surface area (TPSA) is 43.8 Å². The zero-order valence-electron chi connectivity index (χ0n) is 21.0. The van der Waals surface area contributed by atoms with E-state index in [0.717, 1.165) is 10.5 Å². The second kappa shape index (κ2) is 12.2. The third kappa shape index (κ3) is 7.39. The van der Waals surface area contributed by atoms with Crippen molar-refractivity contribution >= 4 is 18.3 Å². The quantitative estimate of drug-likeness (QED) is 0.431. The Morgan fingerprint density at radius 1 is 1.08 bits per heavy atom. The maximum atomic E-state index is 13.8. The molecule has 3 atom stereocenters. The minimum absolute atomic E-state index is 0. The lowest BCUT2D eigenvalue weighted by molar-refractivity contribution is -0.143. The first-order valence-electron chi connectivity index (χ1n) is 11.8. The molecular formula is C26H30ClF7N2O2. The average molecular weight is 571 g/mol. The van der Waals surface area contributed by atoms with Crippen molar-refractivity contribution in [2.45, 2.75) is 51.1 Å². The van der Waals surface area contributed by atoms with E-state index in [1.807, 2.05) is 11.8 Å². The maximum absolute atomic E-state index is 13.8. The number of benzene rings is 2. The molecule has 1 saturated heterocycles. The van der Waals surface area contributed by atoms with E-state index < -0.39 is 53.6 Å². The molecule has 1 unspecified atom stereocenters. The SMILES string of the molecule is Cc1cc(F)ccc1[C@@H]1CN(C(C)CO)CC[C@H]1C(=O)N(C)Cc1cc(C(F)(F)F)cc(C(F)(F)F)c1.Cl. The Kier molecular flexibility index (Phi) is 10.2. The van der Waals surface area contributed by atoms with Gasteiger partial charge in [0.15, 0.2) is 0 Å². The lowest BCUT2D eigenvalue weighted by atomic mass is 9.78. The number of hydrogen-bond acceptors (Lipinski definition) is 3. The lowest BCUT2D eigenvalue weighted by Crippen LogP contribution is -2.49. The van der Waals surface area contributed by atoms with Crippen molar-refractivity contribution < 1.29 is 40.6 Å². The van der Waals surface area contributed by atoms with Crippen LogP contribution in [0.1, 0.15) is 47.1 Å². The summed E-state index contributed by atoms with van der Waals surface area (Å²) in [6.07, 6.45) is -9.62. The van der Waals surface area contributed by atoms with Gasteiger partial charge in [0.05, 0.1) is 17.7 Å². The molecule has 212 valence electrons. The van der Waals surface area contributed by atoms with Crippen molar-refractivity contribution in [1.82, 2.24) is 9.80 Å². The summed E-state index contributed by atoms with van der Waals surface area (Å²) in [5, 5.41) is 9.59. The third-order valence-electron chi connectivity index (χ3n) is 6.92. The van der Waals surface area contributed by atoms with Gasteiger partial charge in [-0.15, -0.1) is 12.4 Å². The van der Waals surface area contributed by atoms with Gasteiger partial charge in [0.25, 0.3) is 0 Å². The molecule has 1 N–H and O–H groups in total. The average Bonchev–Trinajstić information content (AvgIpc) is 2.81. The van der Waals surface area contributed by atoms with Gasteiger partial charge in [-0.2, -0.15) is 26.3 Å². The Bertz CT molecular complexity index is 1090. The van der Waals surface area contributed by atoms with Gasteiger partial charge in [-0.3, -0.25) is 9.69 Å². The van der Waals surface area contributed by atoms with Crippen LogP contribution < -0.4 is 0 Å². The fourth-order valence-corrected chi connectivity index (χ4v) is 4.90. The summed E-state index contributed by atoms with van der Waals surface area (Å²) in [7, 11) is 1.34. The summed E-state index contributed by atoms with van der Waals surface area (Å²) in [5.74, 6) is -1.92. The molecule has 1 fully saturated rings. The van der Waals surface area contributed by atoms with Crippen LogP contribution in [0.4, 0.5) is 30.7 Å². The van der Waals surface area contributed by atoms with E-state index in [1.54, 1.807) is 13.0 Å². The number of carbonyl (C=O) groups excluding carboxylic acids is 1. The Labute approximate surface area is 222 Å². The first-order chi connectivity index (χ1) is 17.1. The normalized spacial score (nSPS) is 19.6. The number of carbonyl (C=O) groups is 1. The molecule has 1 heterocycles. The second-order valence-corrected chi connectivity index (χ2v) is 9.64. The fraction of sp³-hybridized carbons (Fsp3) is 0.500. The highest BCUT2D eigenvalue weighted by Crippen LogP contribution is 2.38. The van der Waals surface area contributed by atoms with Gasteiger partial charge in [0, 0.05) is 38.0 Å². The Morgan fingerprint density at radius 3 is 2.16 bits per heavy atom. The lowest BCUT2D eigenvalue weighted by Gasteiger charge is -2.42. The minimum Gasteiger partial charge on any atom is -0.395 e. The molecule has 3 rings (SSSR count). The van der Waals surface area contributed by atoms with Crippen molar-refractivity contribution in [3.8, 4) is 0 Å². The number of hydrogen-bond donors (Lipinski definition) is 1. The molecule has 1 aliphatic heterocycles. The molecule has 0 aliphatic carbocycles. The van der Waals surface area contributed by atoms with Gasteiger partial charge in [-0.05, 0) is 73.8 Å². The van der Waals surface area contributed by atoms with Crippen LogP contribution in [0.15, 0.2) is 36.4 Å². The van der Waals surface area contributed by atoms with E-state index in [2.05, 4.69) is 0 Å². The smallest absolute Gasteiger partial charge is 0.395 e. The predicted molar refractivity (Wildman–Crippen MR) is 130 cm³/mol. The van der Waals surface area contributed by atoms with E-state index >= 15 is 0 Å². The van der Waals surface area contributed by atoms with Crippen LogP contribution in [0.5, 0.6) is 0 Å². The van der Waals surface area contributed by atoms with Crippen molar-refractivity contribution in [1.29, 1.82) is 0 Å². The molecular weight excluding hydrogens is 541 g/mol. The van der Waals surface area contributed by atoms with Crippen LogP contribution in [-0.2, 0) is 23.7 Å².